The molecule has 7 heteroatoms. The van der Waals surface area contributed by atoms with E-state index in [1.165, 1.54) is 18.2 Å². The van der Waals surface area contributed by atoms with Crippen LogP contribution in [0.3, 0.4) is 0 Å². The van der Waals surface area contributed by atoms with Gasteiger partial charge in [-0.3, -0.25) is 4.79 Å². The topological polar surface area (TPSA) is 56.5 Å². The first kappa shape index (κ1) is 18.4. The highest BCUT2D eigenvalue weighted by molar-refractivity contribution is 5.95. The molecule has 3 aromatic rings. The van der Waals surface area contributed by atoms with Crippen molar-refractivity contribution < 1.29 is 18.3 Å². The van der Waals surface area contributed by atoms with E-state index in [9.17, 15) is 13.6 Å². The number of carbonyl (C=O) groups excluding carboxylic acids is 1. The molecule has 5 heterocycles. The normalized spacial score (nSPS) is 25.6. The van der Waals surface area contributed by atoms with Crippen molar-refractivity contribution in [3.63, 3.8) is 0 Å². The molecule has 3 aromatic heterocycles. The summed E-state index contributed by atoms with van der Waals surface area (Å²) in [6, 6.07) is 6.06. The Morgan fingerprint density at radius 2 is 2.07 bits per heavy atom. The molecule has 3 aliphatic rings. The number of imidazole rings is 1. The molecule has 5 nitrogen and oxygen atoms in total. The zero-order valence-corrected chi connectivity index (χ0v) is 16.3. The minimum Gasteiger partial charge on any atom is -0.374 e. The van der Waals surface area contributed by atoms with E-state index in [2.05, 4.69) is 11.9 Å². The number of fused-ring (bicyclic) bond motifs is 2. The number of ether oxygens (including phenoxy) is 1. The van der Waals surface area contributed by atoms with Gasteiger partial charge in [0.05, 0.1) is 17.9 Å². The fourth-order valence-electron chi connectivity index (χ4n) is 4.85. The number of hydrogen-bond acceptors (Lipinski definition) is 4. The molecule has 1 saturated carbocycles. The van der Waals surface area contributed by atoms with Gasteiger partial charge in [0.15, 0.2) is 5.78 Å². The molecule has 1 aliphatic carbocycles. The van der Waals surface area contributed by atoms with Gasteiger partial charge < -0.3 is 9.14 Å². The summed E-state index contributed by atoms with van der Waals surface area (Å²) in [5, 5.41) is 0. The molecular formula is C22H21F2N3O2. The third-order valence-corrected chi connectivity index (χ3v) is 6.10. The van der Waals surface area contributed by atoms with Gasteiger partial charge in [-0.2, -0.15) is 0 Å². The Morgan fingerprint density at radius 1 is 1.28 bits per heavy atom. The lowest BCUT2D eigenvalue weighted by Crippen LogP contribution is -2.45. The summed E-state index contributed by atoms with van der Waals surface area (Å²) in [5.41, 5.74) is 3.33. The number of rotatable bonds is 5. The van der Waals surface area contributed by atoms with Crippen molar-refractivity contribution in [1.29, 1.82) is 0 Å². The fourth-order valence-corrected chi connectivity index (χ4v) is 4.85. The quantitative estimate of drug-likeness (QED) is 0.605. The lowest BCUT2D eigenvalue weighted by Gasteiger charge is -2.41. The maximum absolute atomic E-state index is 12.9. The maximum Gasteiger partial charge on any atom is 0.280 e. The number of pyridine rings is 2. The van der Waals surface area contributed by atoms with Gasteiger partial charge in [0, 0.05) is 24.2 Å². The zero-order valence-electron chi connectivity index (χ0n) is 16.3. The van der Waals surface area contributed by atoms with Crippen LogP contribution in [0.5, 0.6) is 0 Å². The zero-order chi connectivity index (χ0) is 20.4. The summed E-state index contributed by atoms with van der Waals surface area (Å²) in [4.78, 5) is 21.2. The van der Waals surface area contributed by atoms with Crippen LogP contribution in [-0.2, 0) is 16.6 Å². The van der Waals surface area contributed by atoms with E-state index in [-0.39, 0.29) is 34.6 Å². The van der Waals surface area contributed by atoms with Gasteiger partial charge in [0.25, 0.3) is 6.43 Å². The number of hydrogen-bond donors (Lipinski definition) is 0. The summed E-state index contributed by atoms with van der Waals surface area (Å²) >= 11 is 0. The Kier molecular flexibility index (Phi) is 3.90. The van der Waals surface area contributed by atoms with Crippen LogP contribution in [0.15, 0.2) is 36.7 Å². The first-order valence-corrected chi connectivity index (χ1v) is 9.68. The van der Waals surface area contributed by atoms with Crippen molar-refractivity contribution in [1.82, 2.24) is 14.4 Å². The monoisotopic (exact) mass is 397 g/mol. The Bertz CT molecular complexity index is 1130. The SMILES string of the molecule is Cc1cc(CC(=O)c2cccc(C(F)F)n2)cn2cc(C34COC(C)(C3)C4)nc12. The van der Waals surface area contributed by atoms with E-state index in [4.69, 9.17) is 9.72 Å². The molecule has 2 bridgehead atoms. The molecule has 6 rings (SSSR count). The van der Waals surface area contributed by atoms with Crippen LogP contribution in [0.2, 0.25) is 0 Å². The molecule has 0 aromatic carbocycles. The first-order valence-electron chi connectivity index (χ1n) is 9.68. The lowest BCUT2D eigenvalue weighted by atomic mass is 9.62. The summed E-state index contributed by atoms with van der Waals surface area (Å²) < 4.78 is 33.6. The highest BCUT2D eigenvalue weighted by Gasteiger charge is 2.61. The van der Waals surface area contributed by atoms with Crippen LogP contribution in [0.1, 0.15) is 59.2 Å². The van der Waals surface area contributed by atoms with E-state index < -0.39 is 6.43 Å². The molecule has 2 saturated heterocycles. The maximum atomic E-state index is 12.9. The molecule has 29 heavy (non-hydrogen) atoms. The van der Waals surface area contributed by atoms with Crippen molar-refractivity contribution in [3.05, 3.63) is 64.9 Å². The number of carbonyl (C=O) groups is 1. The lowest BCUT2D eigenvalue weighted by molar-refractivity contribution is 0.0154. The molecule has 0 amide bonds. The number of aryl methyl sites for hydroxylation is 1. The van der Waals surface area contributed by atoms with E-state index in [1.54, 1.807) is 0 Å². The summed E-state index contributed by atoms with van der Waals surface area (Å²) in [6.45, 7) is 4.80. The number of alkyl halides is 2. The second-order valence-electron chi connectivity index (χ2n) is 8.61. The summed E-state index contributed by atoms with van der Waals surface area (Å²) in [7, 11) is 0. The predicted octanol–water partition coefficient (Wildman–Crippen LogP) is 4.22. The highest BCUT2D eigenvalue weighted by Crippen LogP contribution is 2.58. The van der Waals surface area contributed by atoms with Crippen LogP contribution in [0, 0.1) is 6.92 Å². The van der Waals surface area contributed by atoms with Crippen LogP contribution >= 0.6 is 0 Å². The molecule has 0 N–H and O–H groups in total. The van der Waals surface area contributed by atoms with Gasteiger partial charge in [-0.25, -0.2) is 18.7 Å². The van der Waals surface area contributed by atoms with Gasteiger partial charge in [0.1, 0.15) is 17.0 Å². The van der Waals surface area contributed by atoms with E-state index in [1.807, 2.05) is 29.8 Å². The molecule has 2 aliphatic heterocycles. The number of ketones is 1. The second kappa shape index (κ2) is 6.16. The number of nitrogens with zero attached hydrogens (tertiary/aromatic N) is 3. The number of halogens is 2. The van der Waals surface area contributed by atoms with Gasteiger partial charge in [-0.05, 0) is 49.9 Å². The summed E-state index contributed by atoms with van der Waals surface area (Å²) in [6.07, 6.45) is 3.29. The summed E-state index contributed by atoms with van der Waals surface area (Å²) in [5.74, 6) is -0.288. The Labute approximate surface area is 166 Å². The average molecular weight is 397 g/mol. The Hall–Kier alpha value is -2.67. The number of aromatic nitrogens is 3. The highest BCUT2D eigenvalue weighted by atomic mass is 19.3. The van der Waals surface area contributed by atoms with Gasteiger partial charge >= 0.3 is 0 Å². The molecule has 0 spiro atoms. The fraction of sp³-hybridized carbons (Fsp3) is 0.409. The third-order valence-electron chi connectivity index (χ3n) is 6.10. The molecule has 0 unspecified atom stereocenters. The predicted molar refractivity (Wildman–Crippen MR) is 102 cm³/mol. The van der Waals surface area contributed by atoms with Crippen LogP contribution in [0.25, 0.3) is 5.65 Å². The first-order chi connectivity index (χ1) is 13.8. The largest absolute Gasteiger partial charge is 0.374 e. The minimum absolute atomic E-state index is 0.00280. The van der Waals surface area contributed by atoms with Crippen LogP contribution < -0.4 is 0 Å². The molecule has 3 fully saturated rings. The van der Waals surface area contributed by atoms with Gasteiger partial charge in [-0.1, -0.05) is 12.1 Å². The van der Waals surface area contributed by atoms with Crippen molar-refractivity contribution in [2.45, 2.75) is 50.6 Å². The van der Waals surface area contributed by atoms with Crippen LogP contribution in [-0.4, -0.2) is 32.4 Å². The van der Waals surface area contributed by atoms with E-state index >= 15 is 0 Å². The van der Waals surface area contributed by atoms with Crippen molar-refractivity contribution in [2.75, 3.05) is 6.61 Å². The third kappa shape index (κ3) is 2.95. The smallest absolute Gasteiger partial charge is 0.280 e. The average Bonchev–Trinajstić information content (AvgIpc) is 3.33. The molecular weight excluding hydrogens is 376 g/mol. The number of Topliss-reactive ketones (excluding diaryl/α,β-unsaturated/α-hetero) is 1. The minimum atomic E-state index is -2.70. The van der Waals surface area contributed by atoms with Crippen LogP contribution in [0.4, 0.5) is 8.78 Å². The second-order valence-corrected chi connectivity index (χ2v) is 8.61. The van der Waals surface area contributed by atoms with Gasteiger partial charge in [0.2, 0.25) is 0 Å². The van der Waals surface area contributed by atoms with Crippen molar-refractivity contribution in [3.8, 4) is 0 Å². The van der Waals surface area contributed by atoms with E-state index in [0.29, 0.717) is 6.61 Å². The van der Waals surface area contributed by atoms with Crippen molar-refractivity contribution in [2.24, 2.45) is 0 Å². The van der Waals surface area contributed by atoms with Gasteiger partial charge in [-0.15, -0.1) is 0 Å². The van der Waals surface area contributed by atoms with E-state index in [0.717, 1.165) is 35.3 Å². The Morgan fingerprint density at radius 3 is 2.76 bits per heavy atom. The standard InChI is InChI=1S/C22H21F2N3O2/c1-13-6-14(7-17(28)15-4-3-5-16(25-15)19(23)24)8-27-9-18(26-20(13)27)22-10-21(2,11-22)29-12-22/h3-6,8-9,19H,7,10-12H2,1-2H3. The van der Waals surface area contributed by atoms with Crippen molar-refractivity contribution >= 4 is 11.4 Å². The molecule has 0 atom stereocenters. The molecule has 0 radical (unpaired) electrons. The Balaban J connectivity index is 1.43. The molecule has 150 valence electrons.